The molecule has 2 heteroatoms. The van der Waals surface area contributed by atoms with Gasteiger partial charge in [-0.05, 0) is 43.9 Å². The first-order valence-electron chi connectivity index (χ1n) is 6.74. The van der Waals surface area contributed by atoms with Gasteiger partial charge in [-0.15, -0.1) is 0 Å². The molecule has 3 rings (SSSR count). The minimum Gasteiger partial charge on any atom is -0.344 e. The van der Waals surface area contributed by atoms with Crippen molar-refractivity contribution in [2.45, 2.75) is 63.3 Å². The highest BCUT2D eigenvalue weighted by Crippen LogP contribution is 2.50. The van der Waals surface area contributed by atoms with Crippen LogP contribution in [0, 0.1) is 5.41 Å². The Bertz CT molecular complexity index is 316. The van der Waals surface area contributed by atoms with Gasteiger partial charge in [0.1, 0.15) is 0 Å². The lowest BCUT2D eigenvalue weighted by Crippen LogP contribution is -2.47. The van der Waals surface area contributed by atoms with E-state index in [1.54, 1.807) is 6.08 Å². The summed E-state index contributed by atoms with van der Waals surface area (Å²) in [6.07, 6.45) is 15.9. The summed E-state index contributed by atoms with van der Waals surface area (Å²) in [5.41, 5.74) is 0.685. The second-order valence-corrected chi connectivity index (χ2v) is 6.04. The molecule has 16 heavy (non-hydrogen) atoms. The molecule has 1 heterocycles. The van der Waals surface area contributed by atoms with Crippen LogP contribution >= 0.6 is 0 Å². The molecule has 0 unspecified atom stereocenters. The summed E-state index contributed by atoms with van der Waals surface area (Å²) in [5, 5.41) is 3.14. The Hall–Kier alpha value is -0.790. The molecule has 0 atom stereocenters. The van der Waals surface area contributed by atoms with E-state index in [9.17, 15) is 4.79 Å². The molecule has 2 saturated carbocycles. The molecule has 2 nitrogen and oxygen atoms in total. The van der Waals surface area contributed by atoms with Crippen LogP contribution in [-0.2, 0) is 4.79 Å². The van der Waals surface area contributed by atoms with Crippen LogP contribution in [0.2, 0.25) is 0 Å². The number of hydrogen-bond acceptors (Lipinski definition) is 1. The molecule has 1 amide bonds. The summed E-state index contributed by atoms with van der Waals surface area (Å²) in [7, 11) is 0. The summed E-state index contributed by atoms with van der Waals surface area (Å²) in [5.74, 6) is 0.111. The van der Waals surface area contributed by atoms with Crippen molar-refractivity contribution in [3.05, 3.63) is 12.2 Å². The van der Waals surface area contributed by atoms with E-state index in [1.807, 2.05) is 0 Å². The molecule has 88 valence electrons. The largest absolute Gasteiger partial charge is 0.344 e. The first-order chi connectivity index (χ1) is 7.72. The van der Waals surface area contributed by atoms with E-state index in [4.69, 9.17) is 0 Å². The van der Waals surface area contributed by atoms with Crippen LogP contribution in [0.3, 0.4) is 0 Å². The Morgan fingerprint density at radius 3 is 2.19 bits per heavy atom. The lowest BCUT2D eigenvalue weighted by Gasteiger charge is -2.46. The smallest absolute Gasteiger partial charge is 0.244 e. The Labute approximate surface area is 97.5 Å². The monoisotopic (exact) mass is 219 g/mol. The molecule has 2 aliphatic carbocycles. The van der Waals surface area contributed by atoms with Gasteiger partial charge in [0.2, 0.25) is 5.91 Å². The molecule has 1 N–H and O–H groups in total. The van der Waals surface area contributed by atoms with Crippen molar-refractivity contribution in [2.24, 2.45) is 5.41 Å². The van der Waals surface area contributed by atoms with Crippen molar-refractivity contribution >= 4 is 5.91 Å². The van der Waals surface area contributed by atoms with Gasteiger partial charge in [-0.2, -0.15) is 0 Å². The average Bonchev–Trinajstić information content (AvgIpc) is 2.67. The second-order valence-electron chi connectivity index (χ2n) is 6.04. The van der Waals surface area contributed by atoms with E-state index in [-0.39, 0.29) is 11.4 Å². The maximum Gasteiger partial charge on any atom is 0.244 e. The summed E-state index contributed by atoms with van der Waals surface area (Å²) in [6, 6.07) is 0. The zero-order valence-electron chi connectivity index (χ0n) is 9.93. The standard InChI is InChI=1S/C14H21NO/c16-12-4-7-14(15-12)10-8-13(9-11-14)5-2-1-3-6-13/h4,7H,1-3,5-6,8-11H2,(H,15,16). The van der Waals surface area contributed by atoms with Gasteiger partial charge in [-0.3, -0.25) is 4.79 Å². The molecular weight excluding hydrogens is 198 g/mol. The van der Waals surface area contributed by atoms with Crippen LogP contribution in [0.1, 0.15) is 57.8 Å². The van der Waals surface area contributed by atoms with Gasteiger partial charge in [-0.1, -0.05) is 25.3 Å². The number of carbonyl (C=O) groups excluding carboxylic acids is 1. The van der Waals surface area contributed by atoms with Crippen molar-refractivity contribution in [3.8, 4) is 0 Å². The van der Waals surface area contributed by atoms with Crippen LogP contribution in [0.4, 0.5) is 0 Å². The zero-order chi connectivity index (χ0) is 11.1. The lowest BCUT2D eigenvalue weighted by atomic mass is 9.61. The predicted molar refractivity (Wildman–Crippen MR) is 64.0 cm³/mol. The first-order valence-corrected chi connectivity index (χ1v) is 6.74. The minimum atomic E-state index is 0.0414. The summed E-state index contributed by atoms with van der Waals surface area (Å²) in [6.45, 7) is 0. The molecule has 0 radical (unpaired) electrons. The van der Waals surface area contributed by atoms with E-state index in [1.165, 1.54) is 44.9 Å². The van der Waals surface area contributed by atoms with Crippen LogP contribution in [-0.4, -0.2) is 11.4 Å². The quantitative estimate of drug-likeness (QED) is 0.667. The topological polar surface area (TPSA) is 29.1 Å². The molecule has 0 saturated heterocycles. The summed E-state index contributed by atoms with van der Waals surface area (Å²) in [4.78, 5) is 11.3. The fourth-order valence-electron chi connectivity index (χ4n) is 3.88. The van der Waals surface area contributed by atoms with E-state index < -0.39 is 0 Å². The van der Waals surface area contributed by atoms with Gasteiger partial charge in [0, 0.05) is 6.08 Å². The zero-order valence-corrected chi connectivity index (χ0v) is 9.93. The van der Waals surface area contributed by atoms with Gasteiger partial charge in [0.25, 0.3) is 0 Å². The number of hydrogen-bond donors (Lipinski definition) is 1. The minimum absolute atomic E-state index is 0.0414. The van der Waals surface area contributed by atoms with E-state index in [2.05, 4.69) is 11.4 Å². The summed E-state index contributed by atoms with van der Waals surface area (Å²) >= 11 is 0. The second kappa shape index (κ2) is 3.61. The number of carbonyl (C=O) groups is 1. The first kappa shape index (κ1) is 10.4. The van der Waals surface area contributed by atoms with Crippen LogP contribution in [0.25, 0.3) is 0 Å². The highest BCUT2D eigenvalue weighted by Gasteiger charge is 2.43. The van der Waals surface area contributed by atoms with Gasteiger partial charge in [-0.25, -0.2) is 0 Å². The van der Waals surface area contributed by atoms with Crippen molar-refractivity contribution in [1.29, 1.82) is 0 Å². The van der Waals surface area contributed by atoms with E-state index >= 15 is 0 Å². The van der Waals surface area contributed by atoms with Gasteiger partial charge in [0.05, 0.1) is 5.54 Å². The number of rotatable bonds is 0. The number of nitrogens with one attached hydrogen (secondary N) is 1. The number of amides is 1. The third kappa shape index (κ3) is 1.68. The van der Waals surface area contributed by atoms with Gasteiger partial charge >= 0.3 is 0 Å². The molecule has 0 bridgehead atoms. The fourth-order valence-corrected chi connectivity index (χ4v) is 3.88. The maximum absolute atomic E-state index is 11.3. The normalized spacial score (nSPS) is 30.9. The Morgan fingerprint density at radius 1 is 0.938 bits per heavy atom. The molecule has 3 aliphatic rings. The molecular formula is C14H21NO. The highest BCUT2D eigenvalue weighted by atomic mass is 16.1. The third-order valence-electron chi connectivity index (χ3n) is 5.04. The Kier molecular flexibility index (Phi) is 2.34. The molecule has 2 spiro atoms. The van der Waals surface area contributed by atoms with Crippen molar-refractivity contribution in [2.75, 3.05) is 0 Å². The highest BCUT2D eigenvalue weighted by molar-refractivity contribution is 5.91. The van der Waals surface area contributed by atoms with Gasteiger partial charge < -0.3 is 5.32 Å². The maximum atomic E-state index is 11.3. The molecule has 2 fully saturated rings. The SMILES string of the molecule is O=C1C=CC2(CCC3(CCCCC3)CC2)N1. The molecule has 0 aromatic heterocycles. The fraction of sp³-hybridized carbons (Fsp3) is 0.786. The van der Waals surface area contributed by atoms with Crippen LogP contribution in [0.15, 0.2) is 12.2 Å². The van der Waals surface area contributed by atoms with E-state index in [0.29, 0.717) is 5.41 Å². The molecule has 0 aromatic carbocycles. The Balaban J connectivity index is 1.67. The van der Waals surface area contributed by atoms with Gasteiger partial charge in [0.15, 0.2) is 0 Å². The molecule has 1 aliphatic heterocycles. The summed E-state index contributed by atoms with van der Waals surface area (Å²) < 4.78 is 0. The van der Waals surface area contributed by atoms with Crippen molar-refractivity contribution in [1.82, 2.24) is 5.32 Å². The third-order valence-corrected chi connectivity index (χ3v) is 5.04. The average molecular weight is 219 g/mol. The van der Waals surface area contributed by atoms with Crippen LogP contribution < -0.4 is 5.32 Å². The lowest BCUT2D eigenvalue weighted by molar-refractivity contribution is -0.117. The van der Waals surface area contributed by atoms with Crippen molar-refractivity contribution < 1.29 is 4.79 Å². The predicted octanol–water partition coefficient (Wildman–Crippen LogP) is 2.94. The Morgan fingerprint density at radius 2 is 1.62 bits per heavy atom. The van der Waals surface area contributed by atoms with E-state index in [0.717, 1.165) is 12.8 Å². The molecule has 0 aromatic rings. The van der Waals surface area contributed by atoms with Crippen LogP contribution in [0.5, 0.6) is 0 Å². The van der Waals surface area contributed by atoms with Crippen molar-refractivity contribution in [3.63, 3.8) is 0 Å².